The summed E-state index contributed by atoms with van der Waals surface area (Å²) >= 11 is 0. The van der Waals surface area contributed by atoms with E-state index in [9.17, 15) is 14.7 Å². The van der Waals surface area contributed by atoms with Crippen molar-refractivity contribution in [2.24, 2.45) is 0 Å². The molecule has 1 spiro atoms. The maximum Gasteiger partial charge on any atom is 0.245 e. The van der Waals surface area contributed by atoms with Crippen LogP contribution in [0.15, 0.2) is 16.9 Å². The van der Waals surface area contributed by atoms with Crippen molar-refractivity contribution in [2.75, 3.05) is 13.1 Å². The van der Waals surface area contributed by atoms with Crippen LogP contribution in [-0.2, 0) is 16.1 Å². The maximum absolute atomic E-state index is 12.4. The maximum atomic E-state index is 12.4. The lowest BCUT2D eigenvalue weighted by atomic mass is 9.84. The number of hydrogen-bond acceptors (Lipinski definition) is 6. The Kier molecular flexibility index (Phi) is 3.88. The molecule has 2 amide bonds. The summed E-state index contributed by atoms with van der Waals surface area (Å²) in [5.74, 6) is -0.141. The highest BCUT2D eigenvalue weighted by Crippen LogP contribution is 2.33. The van der Waals surface area contributed by atoms with E-state index < -0.39 is 23.6 Å². The quantitative estimate of drug-likeness (QED) is 0.603. The number of nitrogens with one attached hydrogen (secondary N) is 2. The number of nitrogens with zero attached hydrogens (tertiary/aromatic N) is 2. The first-order valence-electron chi connectivity index (χ1n) is 7.44. The molecule has 2 fully saturated rings. The molecule has 2 aliphatic heterocycles. The van der Waals surface area contributed by atoms with Crippen LogP contribution >= 0.6 is 0 Å². The Balaban J connectivity index is 1.63. The van der Waals surface area contributed by atoms with Gasteiger partial charge in [-0.2, -0.15) is 0 Å². The van der Waals surface area contributed by atoms with Crippen LogP contribution in [0.4, 0.5) is 0 Å². The van der Waals surface area contributed by atoms with Crippen molar-refractivity contribution in [2.45, 2.75) is 44.0 Å². The van der Waals surface area contributed by atoms with Gasteiger partial charge < -0.3 is 25.1 Å². The Morgan fingerprint density at radius 1 is 1.68 bits per heavy atom. The second kappa shape index (κ2) is 5.69. The van der Waals surface area contributed by atoms with Crippen LogP contribution < -0.4 is 10.6 Å². The van der Waals surface area contributed by atoms with E-state index in [0.717, 1.165) is 19.4 Å². The molecule has 3 heterocycles. The number of carbonyl (C=O) groups is 2. The van der Waals surface area contributed by atoms with E-state index in [1.54, 1.807) is 0 Å². The molecule has 3 rings (SSSR count). The number of hydrogen-bond donors (Lipinski definition) is 3. The minimum absolute atomic E-state index is 0.109. The Labute approximate surface area is 127 Å². The van der Waals surface area contributed by atoms with E-state index in [1.807, 2.05) is 0 Å². The predicted octanol–water partition coefficient (Wildman–Crippen LogP) is -0.995. The molecule has 2 saturated heterocycles. The normalized spacial score (nSPS) is 26.8. The highest BCUT2D eigenvalue weighted by molar-refractivity contribution is 5.97. The van der Waals surface area contributed by atoms with Crippen LogP contribution in [0.2, 0.25) is 0 Å². The molecular formula is C14H20N4O4. The van der Waals surface area contributed by atoms with Gasteiger partial charge in [-0.15, -0.1) is 0 Å². The first-order chi connectivity index (χ1) is 10.5. The lowest BCUT2D eigenvalue weighted by molar-refractivity contribution is -0.164. The molecule has 1 aromatic rings. The summed E-state index contributed by atoms with van der Waals surface area (Å²) < 4.78 is 5.04. The topological polar surface area (TPSA) is 108 Å². The van der Waals surface area contributed by atoms with Gasteiger partial charge in [0.1, 0.15) is 17.8 Å². The standard InChI is InChI=1S/C14H20N4O4/c1-9(19)11(12(20)16-7-10-15-5-6-22-10)18-8-14(13(18)21)3-2-4-17-14/h5-6,9,11,17,19H,2-4,7-8H2,1H3,(H,16,20)/t9-,11+,14?/m1/s1. The second-order valence-corrected chi connectivity index (χ2v) is 5.87. The minimum Gasteiger partial charge on any atom is -0.447 e. The van der Waals surface area contributed by atoms with Gasteiger partial charge in [0.25, 0.3) is 0 Å². The van der Waals surface area contributed by atoms with Crippen LogP contribution in [0.5, 0.6) is 0 Å². The van der Waals surface area contributed by atoms with E-state index >= 15 is 0 Å². The molecule has 8 nitrogen and oxygen atoms in total. The average Bonchev–Trinajstić information content (AvgIpc) is 3.16. The van der Waals surface area contributed by atoms with Crippen LogP contribution in [0, 0.1) is 0 Å². The number of likely N-dealkylation sites (tertiary alicyclic amines) is 1. The zero-order valence-electron chi connectivity index (χ0n) is 12.4. The summed E-state index contributed by atoms with van der Waals surface area (Å²) in [5, 5.41) is 15.8. The van der Waals surface area contributed by atoms with Crippen molar-refractivity contribution in [1.82, 2.24) is 20.5 Å². The van der Waals surface area contributed by atoms with E-state index in [4.69, 9.17) is 4.42 Å². The smallest absolute Gasteiger partial charge is 0.245 e. The lowest BCUT2D eigenvalue weighted by Gasteiger charge is -2.50. The first kappa shape index (κ1) is 15.0. The van der Waals surface area contributed by atoms with Crippen LogP contribution in [0.1, 0.15) is 25.7 Å². The van der Waals surface area contributed by atoms with Crippen molar-refractivity contribution >= 4 is 11.8 Å². The molecular weight excluding hydrogens is 288 g/mol. The van der Waals surface area contributed by atoms with Gasteiger partial charge in [-0.05, 0) is 26.3 Å². The highest BCUT2D eigenvalue weighted by atomic mass is 16.3. The predicted molar refractivity (Wildman–Crippen MR) is 75.5 cm³/mol. The summed E-state index contributed by atoms with van der Waals surface area (Å²) in [4.78, 5) is 30.1. The molecule has 1 aromatic heterocycles. The third kappa shape index (κ3) is 2.48. The molecule has 3 atom stereocenters. The Bertz CT molecular complexity index is 551. The summed E-state index contributed by atoms with van der Waals surface area (Å²) in [7, 11) is 0. The SMILES string of the molecule is C[C@@H](O)[C@@H](C(=O)NCc1ncco1)N1CC2(CCCN2)C1=O. The minimum atomic E-state index is -0.952. The summed E-state index contributed by atoms with van der Waals surface area (Å²) in [6.07, 6.45) is 3.69. The molecule has 1 unspecified atom stereocenters. The third-order valence-electron chi connectivity index (χ3n) is 4.31. The van der Waals surface area contributed by atoms with E-state index in [-0.39, 0.29) is 12.5 Å². The number of oxazole rings is 1. The summed E-state index contributed by atoms with van der Waals surface area (Å²) in [6.45, 7) is 2.90. The molecule has 2 aliphatic rings. The summed E-state index contributed by atoms with van der Waals surface area (Å²) in [6, 6.07) is -0.893. The molecule has 0 radical (unpaired) electrons. The van der Waals surface area contributed by atoms with Gasteiger partial charge in [-0.1, -0.05) is 0 Å². The molecule has 0 aliphatic carbocycles. The molecule has 22 heavy (non-hydrogen) atoms. The number of aromatic nitrogens is 1. The molecule has 120 valence electrons. The third-order valence-corrected chi connectivity index (χ3v) is 4.31. The van der Waals surface area contributed by atoms with Gasteiger partial charge in [-0.3, -0.25) is 9.59 Å². The summed E-state index contributed by atoms with van der Waals surface area (Å²) in [5.41, 5.74) is -0.518. The van der Waals surface area contributed by atoms with Gasteiger partial charge in [0.15, 0.2) is 0 Å². The number of aliphatic hydroxyl groups is 1. The number of amides is 2. The Hall–Kier alpha value is -1.93. The van der Waals surface area contributed by atoms with Crippen molar-refractivity contribution < 1.29 is 19.1 Å². The van der Waals surface area contributed by atoms with Crippen LogP contribution in [-0.4, -0.2) is 57.6 Å². The molecule has 8 heteroatoms. The van der Waals surface area contributed by atoms with Crippen molar-refractivity contribution in [3.8, 4) is 0 Å². The fourth-order valence-electron chi connectivity index (χ4n) is 3.19. The van der Waals surface area contributed by atoms with E-state index in [1.165, 1.54) is 24.3 Å². The van der Waals surface area contributed by atoms with Crippen LogP contribution in [0.25, 0.3) is 0 Å². The number of β-lactam (4-membered cyclic amide) rings is 1. The molecule has 0 aromatic carbocycles. The monoisotopic (exact) mass is 308 g/mol. The molecule has 3 N–H and O–H groups in total. The van der Waals surface area contributed by atoms with Crippen molar-refractivity contribution in [3.05, 3.63) is 18.4 Å². The largest absolute Gasteiger partial charge is 0.447 e. The van der Waals surface area contributed by atoms with Gasteiger partial charge in [0.2, 0.25) is 17.7 Å². The van der Waals surface area contributed by atoms with E-state index in [0.29, 0.717) is 12.4 Å². The van der Waals surface area contributed by atoms with Crippen molar-refractivity contribution in [1.29, 1.82) is 0 Å². The van der Waals surface area contributed by atoms with E-state index in [2.05, 4.69) is 15.6 Å². The fraction of sp³-hybridized carbons (Fsp3) is 0.643. The van der Waals surface area contributed by atoms with Crippen molar-refractivity contribution in [3.63, 3.8) is 0 Å². The second-order valence-electron chi connectivity index (χ2n) is 5.87. The highest BCUT2D eigenvalue weighted by Gasteiger charge is 2.57. The number of rotatable bonds is 5. The van der Waals surface area contributed by atoms with Gasteiger partial charge in [0, 0.05) is 6.54 Å². The Morgan fingerprint density at radius 3 is 3.05 bits per heavy atom. The number of aliphatic hydroxyl groups excluding tert-OH is 1. The first-order valence-corrected chi connectivity index (χ1v) is 7.44. The van der Waals surface area contributed by atoms with Crippen LogP contribution in [0.3, 0.4) is 0 Å². The number of carbonyl (C=O) groups excluding carboxylic acids is 2. The average molecular weight is 308 g/mol. The fourth-order valence-corrected chi connectivity index (χ4v) is 3.19. The van der Waals surface area contributed by atoms with Gasteiger partial charge >= 0.3 is 0 Å². The molecule has 0 saturated carbocycles. The lowest BCUT2D eigenvalue weighted by Crippen LogP contribution is -2.76. The molecule has 0 bridgehead atoms. The zero-order chi connectivity index (χ0) is 15.7. The van der Waals surface area contributed by atoms with Gasteiger partial charge in [-0.25, -0.2) is 4.98 Å². The van der Waals surface area contributed by atoms with Gasteiger partial charge in [0.05, 0.1) is 18.8 Å². The Morgan fingerprint density at radius 2 is 2.50 bits per heavy atom. The zero-order valence-corrected chi connectivity index (χ0v) is 12.4.